The zero-order valence-electron chi connectivity index (χ0n) is 14.2. The second-order valence-corrected chi connectivity index (χ2v) is 7.67. The minimum absolute atomic E-state index is 0.0590. The standard InChI is InChI=1S/C11H13F13N2O2S/c1-26(2)5-3-4-25-29(27,28)11(23,24)9(18,19)7(14,15)6(12,13)8(16,17)10(20,21)22/h25H,3-5H2,1-2H3. The Hall–Kier alpha value is -1.04. The number of sulfonamides is 1. The van der Waals surface area contributed by atoms with Crippen LogP contribution in [0.5, 0.6) is 0 Å². The van der Waals surface area contributed by atoms with Gasteiger partial charge in [0.05, 0.1) is 0 Å². The Labute approximate surface area is 155 Å². The summed E-state index contributed by atoms with van der Waals surface area (Å²) in [4.78, 5) is 1.33. The van der Waals surface area contributed by atoms with Crippen LogP contribution in [0.25, 0.3) is 0 Å². The fraction of sp³-hybridized carbons (Fsp3) is 1.00. The summed E-state index contributed by atoms with van der Waals surface area (Å²) in [6.45, 7) is -1.16. The molecule has 0 unspecified atom stereocenters. The zero-order chi connectivity index (χ0) is 23.9. The molecule has 176 valence electrons. The van der Waals surface area contributed by atoms with Crippen LogP contribution in [0.3, 0.4) is 0 Å². The smallest absolute Gasteiger partial charge is 0.309 e. The third-order valence-electron chi connectivity index (χ3n) is 3.32. The summed E-state index contributed by atoms with van der Waals surface area (Å²) in [6.07, 6.45) is -7.94. The first kappa shape index (κ1) is 28.0. The summed E-state index contributed by atoms with van der Waals surface area (Å²) >= 11 is 0. The van der Waals surface area contributed by atoms with Gasteiger partial charge in [-0.25, -0.2) is 13.1 Å². The zero-order valence-corrected chi connectivity index (χ0v) is 15.0. The molecule has 0 rings (SSSR count). The predicted octanol–water partition coefficient (Wildman–Crippen LogP) is 3.55. The fourth-order valence-corrected chi connectivity index (χ4v) is 2.68. The van der Waals surface area contributed by atoms with Crippen molar-refractivity contribution < 1.29 is 65.5 Å². The highest BCUT2D eigenvalue weighted by molar-refractivity contribution is 7.90. The fourth-order valence-electron chi connectivity index (χ4n) is 1.62. The summed E-state index contributed by atoms with van der Waals surface area (Å²) in [5.74, 6) is -32.1. The molecule has 18 heteroatoms. The summed E-state index contributed by atoms with van der Waals surface area (Å²) in [7, 11) is -4.15. The van der Waals surface area contributed by atoms with Crippen LogP contribution < -0.4 is 4.72 Å². The maximum atomic E-state index is 13.5. The van der Waals surface area contributed by atoms with Gasteiger partial charge in [0.25, 0.3) is 10.0 Å². The minimum Gasteiger partial charge on any atom is -0.309 e. The van der Waals surface area contributed by atoms with Crippen molar-refractivity contribution in [1.29, 1.82) is 0 Å². The van der Waals surface area contributed by atoms with Gasteiger partial charge < -0.3 is 4.90 Å². The summed E-state index contributed by atoms with van der Waals surface area (Å²) in [5.41, 5.74) is 0. The molecule has 0 fully saturated rings. The average molecular weight is 484 g/mol. The SMILES string of the molecule is CN(C)CCCNS(=O)(=O)C(F)(F)C(F)(F)C(F)(F)C(F)(F)C(F)(F)C(F)(F)F. The van der Waals surface area contributed by atoms with Gasteiger partial charge in [0.15, 0.2) is 0 Å². The molecule has 0 amide bonds. The Kier molecular flexibility index (Phi) is 7.62. The van der Waals surface area contributed by atoms with Crippen LogP contribution in [0.2, 0.25) is 0 Å². The number of hydrogen-bond donors (Lipinski definition) is 1. The number of nitrogens with one attached hydrogen (secondary N) is 1. The first-order valence-corrected chi connectivity index (χ1v) is 8.50. The lowest BCUT2D eigenvalue weighted by Gasteiger charge is -2.39. The minimum atomic E-state index is -8.15. The third kappa shape index (κ3) is 4.52. The highest BCUT2D eigenvalue weighted by atomic mass is 32.2. The van der Waals surface area contributed by atoms with Crippen molar-refractivity contribution in [1.82, 2.24) is 9.62 Å². The predicted molar refractivity (Wildman–Crippen MR) is 70.9 cm³/mol. The second kappa shape index (κ2) is 7.90. The van der Waals surface area contributed by atoms with Crippen LogP contribution in [0, 0.1) is 0 Å². The molecule has 0 spiro atoms. The Bertz CT molecular complexity index is 673. The first-order valence-electron chi connectivity index (χ1n) is 7.01. The second-order valence-electron chi connectivity index (χ2n) is 5.87. The number of hydrogen-bond acceptors (Lipinski definition) is 3. The molecule has 0 saturated carbocycles. The van der Waals surface area contributed by atoms with Crippen molar-refractivity contribution in [2.24, 2.45) is 0 Å². The summed E-state index contributed by atoms with van der Waals surface area (Å²) in [5, 5.41) is -7.20. The third-order valence-corrected chi connectivity index (χ3v) is 4.83. The molecular formula is C11H13F13N2O2S. The Morgan fingerprint density at radius 2 is 1.07 bits per heavy atom. The lowest BCUT2D eigenvalue weighted by molar-refractivity contribution is -0.433. The molecule has 0 aliphatic carbocycles. The van der Waals surface area contributed by atoms with Gasteiger partial charge >= 0.3 is 35.1 Å². The van der Waals surface area contributed by atoms with Crippen molar-refractivity contribution in [2.45, 2.75) is 41.5 Å². The first-order chi connectivity index (χ1) is 12.4. The molecule has 0 aliphatic rings. The molecule has 0 radical (unpaired) electrons. The molecule has 29 heavy (non-hydrogen) atoms. The van der Waals surface area contributed by atoms with Crippen LogP contribution in [0.4, 0.5) is 57.1 Å². The molecule has 0 aromatic heterocycles. The van der Waals surface area contributed by atoms with Crippen molar-refractivity contribution in [3.63, 3.8) is 0 Å². The van der Waals surface area contributed by atoms with E-state index in [2.05, 4.69) is 0 Å². The number of alkyl halides is 13. The Balaban J connectivity index is 6.10. The van der Waals surface area contributed by atoms with E-state index in [1.54, 1.807) is 0 Å². The van der Waals surface area contributed by atoms with Crippen LogP contribution in [-0.2, 0) is 10.0 Å². The van der Waals surface area contributed by atoms with E-state index in [1.165, 1.54) is 19.0 Å². The Morgan fingerprint density at radius 3 is 1.41 bits per heavy atom. The topological polar surface area (TPSA) is 49.4 Å². The van der Waals surface area contributed by atoms with Crippen molar-refractivity contribution in [2.75, 3.05) is 27.2 Å². The molecule has 0 saturated heterocycles. The van der Waals surface area contributed by atoms with E-state index in [-0.39, 0.29) is 13.0 Å². The largest absolute Gasteiger partial charge is 0.460 e. The van der Waals surface area contributed by atoms with Gasteiger partial charge in [0.2, 0.25) is 0 Å². The highest BCUT2D eigenvalue weighted by Gasteiger charge is 2.92. The molecule has 0 aromatic carbocycles. The number of rotatable bonds is 10. The maximum absolute atomic E-state index is 13.5. The van der Waals surface area contributed by atoms with E-state index in [9.17, 15) is 65.5 Å². The van der Waals surface area contributed by atoms with E-state index in [0.29, 0.717) is 4.72 Å². The van der Waals surface area contributed by atoms with Gasteiger partial charge in [-0.05, 0) is 27.1 Å². The molecule has 0 atom stereocenters. The van der Waals surface area contributed by atoms with E-state index in [4.69, 9.17) is 0 Å². The van der Waals surface area contributed by atoms with E-state index in [1.807, 2.05) is 0 Å². The lowest BCUT2D eigenvalue weighted by atomic mass is 9.98. The highest BCUT2D eigenvalue weighted by Crippen LogP contribution is 2.60. The monoisotopic (exact) mass is 484 g/mol. The van der Waals surface area contributed by atoms with Crippen molar-refractivity contribution in [3.05, 3.63) is 0 Å². The molecule has 0 aliphatic heterocycles. The quantitative estimate of drug-likeness (QED) is 0.381. The molecule has 0 heterocycles. The van der Waals surface area contributed by atoms with Crippen LogP contribution in [0.1, 0.15) is 6.42 Å². The summed E-state index contributed by atoms with van der Waals surface area (Å²) < 4.78 is 191. The molecular weight excluding hydrogens is 471 g/mol. The van der Waals surface area contributed by atoms with Crippen LogP contribution >= 0.6 is 0 Å². The Morgan fingerprint density at radius 1 is 0.690 bits per heavy atom. The van der Waals surface area contributed by atoms with E-state index in [0.717, 1.165) is 0 Å². The van der Waals surface area contributed by atoms with Gasteiger partial charge in [-0.3, -0.25) is 0 Å². The molecule has 1 N–H and O–H groups in total. The molecule has 0 bridgehead atoms. The van der Waals surface area contributed by atoms with E-state index >= 15 is 0 Å². The van der Waals surface area contributed by atoms with Gasteiger partial charge in [-0.1, -0.05) is 0 Å². The van der Waals surface area contributed by atoms with Crippen LogP contribution in [-0.4, -0.2) is 75.6 Å². The van der Waals surface area contributed by atoms with Crippen molar-refractivity contribution in [3.8, 4) is 0 Å². The number of nitrogens with zero attached hydrogens (tertiary/aromatic N) is 1. The van der Waals surface area contributed by atoms with Crippen LogP contribution in [0.15, 0.2) is 0 Å². The van der Waals surface area contributed by atoms with E-state index < -0.39 is 51.7 Å². The van der Waals surface area contributed by atoms with Gasteiger partial charge in [0.1, 0.15) is 0 Å². The number of halogens is 13. The lowest BCUT2D eigenvalue weighted by Crippen LogP contribution is -2.71. The van der Waals surface area contributed by atoms with Gasteiger partial charge in [-0.2, -0.15) is 57.1 Å². The summed E-state index contributed by atoms with van der Waals surface area (Å²) in [6, 6.07) is 0. The van der Waals surface area contributed by atoms with Crippen molar-refractivity contribution >= 4 is 10.0 Å². The van der Waals surface area contributed by atoms with Gasteiger partial charge in [0, 0.05) is 6.54 Å². The normalized spacial score (nSPS) is 15.9. The average Bonchev–Trinajstić information content (AvgIpc) is 2.49. The van der Waals surface area contributed by atoms with Gasteiger partial charge in [-0.15, -0.1) is 0 Å². The molecule has 0 aromatic rings. The maximum Gasteiger partial charge on any atom is 0.460 e. The molecule has 4 nitrogen and oxygen atoms in total.